The first-order valence-corrected chi connectivity index (χ1v) is 10.9. The molecule has 0 radical (unpaired) electrons. The number of unbranched alkanes of at least 4 members (excludes halogenated alkanes) is 4. The number of aromatic hydroxyl groups is 2. The summed E-state index contributed by atoms with van der Waals surface area (Å²) in [6, 6.07) is 5.05. The van der Waals surface area contributed by atoms with E-state index in [-0.39, 0.29) is 46.0 Å². The molecular weight excluding hydrogens is 428 g/mol. The van der Waals surface area contributed by atoms with Crippen LogP contribution in [0.2, 0.25) is 0 Å². The van der Waals surface area contributed by atoms with Gasteiger partial charge in [0.25, 0.3) is 0 Å². The van der Waals surface area contributed by atoms with Crippen LogP contribution in [0.1, 0.15) is 77.3 Å². The molecule has 2 aromatic carbocycles. The van der Waals surface area contributed by atoms with Crippen molar-refractivity contribution in [2.45, 2.75) is 58.8 Å². The molecule has 0 unspecified atom stereocenters. The van der Waals surface area contributed by atoms with Gasteiger partial charge in [0.15, 0.2) is 0 Å². The lowest BCUT2D eigenvalue weighted by molar-refractivity contribution is -0.118. The number of phenols is 2. The predicted octanol–water partition coefficient (Wildman–Crippen LogP) is 4.80. The molecule has 0 saturated heterocycles. The second-order valence-corrected chi connectivity index (χ2v) is 7.89. The minimum Gasteiger partial charge on any atom is -0.507 e. The summed E-state index contributed by atoms with van der Waals surface area (Å²) in [6.07, 6.45) is 5.28. The summed E-state index contributed by atoms with van der Waals surface area (Å²) in [7, 11) is 1.40. The lowest BCUT2D eigenvalue weighted by Crippen LogP contribution is -2.15. The molecule has 0 amide bonds. The molecule has 0 aromatic heterocycles. The van der Waals surface area contributed by atoms with E-state index in [9.17, 15) is 24.6 Å². The van der Waals surface area contributed by atoms with Gasteiger partial charge in [0.1, 0.15) is 39.9 Å². The molecule has 2 rings (SSSR count). The number of phenolic OH excluding ortho intramolecular Hbond substituents is 1. The number of esters is 1. The van der Waals surface area contributed by atoms with Gasteiger partial charge in [0, 0.05) is 25.0 Å². The minimum absolute atomic E-state index is 0.0764. The summed E-state index contributed by atoms with van der Waals surface area (Å²) in [5, 5.41) is 29.6. The molecule has 0 spiro atoms. The topological polar surface area (TPSA) is 130 Å². The van der Waals surface area contributed by atoms with E-state index in [1.165, 1.54) is 32.2 Å². The van der Waals surface area contributed by atoms with Crippen LogP contribution in [0.5, 0.6) is 23.0 Å². The average molecular weight is 459 g/mol. The number of hydrogen-bond donors (Lipinski definition) is 3. The summed E-state index contributed by atoms with van der Waals surface area (Å²) >= 11 is 0. The van der Waals surface area contributed by atoms with E-state index < -0.39 is 23.4 Å². The molecule has 178 valence electrons. The molecule has 3 N–H and O–H groups in total. The van der Waals surface area contributed by atoms with E-state index in [0.717, 1.165) is 38.2 Å². The van der Waals surface area contributed by atoms with Crippen LogP contribution in [0.3, 0.4) is 0 Å². The number of carboxylic acids is 1. The largest absolute Gasteiger partial charge is 0.507 e. The maximum absolute atomic E-state index is 12.9. The third-order valence-corrected chi connectivity index (χ3v) is 5.27. The second kappa shape index (κ2) is 11.9. The first-order valence-electron chi connectivity index (χ1n) is 10.9. The Bertz CT molecular complexity index is 1000. The van der Waals surface area contributed by atoms with Crippen LogP contribution in [-0.4, -0.2) is 40.2 Å². The molecule has 0 aliphatic rings. The zero-order chi connectivity index (χ0) is 24.5. The van der Waals surface area contributed by atoms with Crippen molar-refractivity contribution in [2.24, 2.45) is 0 Å². The predicted molar refractivity (Wildman–Crippen MR) is 122 cm³/mol. The number of hydrogen-bond acceptors (Lipinski definition) is 7. The standard InChI is InChI=1S/C25H30O8/c1-4-5-6-7-8-9-17(26)11-16-12-18(32-3)13-21(28)23(16)25(31)33-19-10-15(2)22(24(29)30)20(27)14-19/h10,12-14,27-28H,4-9,11H2,1-3H3,(H,29,30). The number of benzene rings is 2. The normalized spacial score (nSPS) is 10.6. The number of ether oxygens (including phenoxy) is 2. The maximum Gasteiger partial charge on any atom is 0.347 e. The van der Waals surface area contributed by atoms with Crippen molar-refractivity contribution in [2.75, 3.05) is 7.11 Å². The molecule has 0 aliphatic heterocycles. The minimum atomic E-state index is -1.31. The molecule has 0 bridgehead atoms. The summed E-state index contributed by atoms with van der Waals surface area (Å²) < 4.78 is 10.4. The number of aryl methyl sites for hydroxylation is 1. The van der Waals surface area contributed by atoms with Gasteiger partial charge in [-0.1, -0.05) is 32.6 Å². The molecule has 0 aliphatic carbocycles. The van der Waals surface area contributed by atoms with Crippen molar-refractivity contribution >= 4 is 17.7 Å². The monoisotopic (exact) mass is 458 g/mol. The molecule has 0 atom stereocenters. The quantitative estimate of drug-likeness (QED) is 0.235. The van der Waals surface area contributed by atoms with E-state index in [1.54, 1.807) is 0 Å². The summed E-state index contributed by atoms with van der Waals surface area (Å²) in [5.74, 6) is -3.10. The number of ketones is 1. The van der Waals surface area contributed by atoms with Gasteiger partial charge < -0.3 is 24.8 Å². The molecule has 33 heavy (non-hydrogen) atoms. The smallest absolute Gasteiger partial charge is 0.347 e. The van der Waals surface area contributed by atoms with Gasteiger partial charge in [-0.05, 0) is 36.6 Å². The highest BCUT2D eigenvalue weighted by Crippen LogP contribution is 2.32. The molecule has 0 heterocycles. The van der Waals surface area contributed by atoms with Gasteiger partial charge in [-0.15, -0.1) is 0 Å². The van der Waals surface area contributed by atoms with Crippen molar-refractivity contribution in [1.29, 1.82) is 0 Å². The van der Waals surface area contributed by atoms with Gasteiger partial charge in [-0.3, -0.25) is 4.79 Å². The van der Waals surface area contributed by atoms with Gasteiger partial charge in [0.05, 0.1) is 7.11 Å². The van der Waals surface area contributed by atoms with Gasteiger partial charge >= 0.3 is 11.9 Å². The van der Waals surface area contributed by atoms with Crippen molar-refractivity contribution < 1.29 is 39.2 Å². The fourth-order valence-electron chi connectivity index (χ4n) is 3.61. The third-order valence-electron chi connectivity index (χ3n) is 5.27. The Morgan fingerprint density at radius 3 is 2.12 bits per heavy atom. The zero-order valence-corrected chi connectivity index (χ0v) is 19.1. The Morgan fingerprint density at radius 2 is 1.52 bits per heavy atom. The fourth-order valence-corrected chi connectivity index (χ4v) is 3.61. The number of methoxy groups -OCH3 is 1. The summed E-state index contributed by atoms with van der Waals surface area (Å²) in [5.41, 5.74) is -0.0249. The SMILES string of the molecule is CCCCCCCC(=O)Cc1cc(OC)cc(O)c1C(=O)Oc1cc(C)c(C(=O)O)c(O)c1. The van der Waals surface area contributed by atoms with E-state index >= 15 is 0 Å². The number of carboxylic acid groups (broad SMARTS) is 1. The van der Waals surface area contributed by atoms with E-state index in [1.807, 2.05) is 0 Å². The lowest BCUT2D eigenvalue weighted by atomic mass is 9.98. The first kappa shape index (κ1) is 25.7. The van der Waals surface area contributed by atoms with Crippen molar-refractivity contribution in [3.05, 3.63) is 46.5 Å². The Kier molecular flexibility index (Phi) is 9.27. The Morgan fingerprint density at radius 1 is 0.879 bits per heavy atom. The lowest BCUT2D eigenvalue weighted by Gasteiger charge is -2.14. The number of Topliss-reactive ketones (excluding diaryl/α,β-unsaturated/α-hetero) is 1. The number of rotatable bonds is 12. The summed E-state index contributed by atoms with van der Waals surface area (Å²) in [4.78, 5) is 36.6. The highest BCUT2D eigenvalue weighted by molar-refractivity contribution is 5.98. The second-order valence-electron chi connectivity index (χ2n) is 7.89. The van der Waals surface area contributed by atoms with Crippen LogP contribution in [0.15, 0.2) is 24.3 Å². The number of carbonyl (C=O) groups excluding carboxylic acids is 2. The fraction of sp³-hybridized carbons (Fsp3) is 0.400. The third kappa shape index (κ3) is 6.97. The van der Waals surface area contributed by atoms with Gasteiger partial charge in [-0.2, -0.15) is 0 Å². The van der Waals surface area contributed by atoms with Crippen LogP contribution in [0.4, 0.5) is 0 Å². The van der Waals surface area contributed by atoms with Crippen LogP contribution in [0, 0.1) is 6.92 Å². The Balaban J connectivity index is 2.25. The highest BCUT2D eigenvalue weighted by atomic mass is 16.5. The molecule has 2 aromatic rings. The number of aromatic carboxylic acids is 1. The molecule has 8 heteroatoms. The zero-order valence-electron chi connectivity index (χ0n) is 19.1. The molecule has 0 fully saturated rings. The van der Waals surface area contributed by atoms with Crippen molar-refractivity contribution in [1.82, 2.24) is 0 Å². The maximum atomic E-state index is 12.9. The van der Waals surface area contributed by atoms with E-state index in [2.05, 4.69) is 6.92 Å². The van der Waals surface area contributed by atoms with Crippen molar-refractivity contribution in [3.8, 4) is 23.0 Å². The Labute approximate surface area is 192 Å². The molecule has 8 nitrogen and oxygen atoms in total. The molecular formula is C25H30O8. The van der Waals surface area contributed by atoms with Gasteiger partial charge in [-0.25, -0.2) is 9.59 Å². The van der Waals surface area contributed by atoms with Gasteiger partial charge in [0.2, 0.25) is 0 Å². The highest BCUT2D eigenvalue weighted by Gasteiger charge is 2.23. The molecule has 0 saturated carbocycles. The number of carbonyl (C=O) groups is 3. The van der Waals surface area contributed by atoms with E-state index in [0.29, 0.717) is 6.42 Å². The van der Waals surface area contributed by atoms with Crippen LogP contribution < -0.4 is 9.47 Å². The summed E-state index contributed by atoms with van der Waals surface area (Å²) in [6.45, 7) is 3.57. The van der Waals surface area contributed by atoms with E-state index in [4.69, 9.17) is 14.6 Å². The van der Waals surface area contributed by atoms with Crippen LogP contribution in [0.25, 0.3) is 0 Å². The van der Waals surface area contributed by atoms with Crippen molar-refractivity contribution in [3.63, 3.8) is 0 Å². The van der Waals surface area contributed by atoms with Crippen LogP contribution >= 0.6 is 0 Å². The van der Waals surface area contributed by atoms with Crippen LogP contribution in [-0.2, 0) is 11.2 Å². The Hall–Kier alpha value is -3.55. The first-order chi connectivity index (χ1) is 15.7. The average Bonchev–Trinajstić information content (AvgIpc) is 2.72.